The molecule has 3 nitrogen and oxygen atoms in total. The second kappa shape index (κ2) is 7.29. The summed E-state index contributed by atoms with van der Waals surface area (Å²) in [5.41, 5.74) is 2.12. The van der Waals surface area contributed by atoms with E-state index in [0.717, 1.165) is 29.8 Å². The van der Waals surface area contributed by atoms with E-state index in [4.69, 9.17) is 0 Å². The summed E-state index contributed by atoms with van der Waals surface area (Å²) in [4.78, 5) is 4.47. The Morgan fingerprint density at radius 3 is 2.58 bits per heavy atom. The van der Waals surface area contributed by atoms with Gasteiger partial charge in [0.2, 0.25) is 0 Å². The van der Waals surface area contributed by atoms with E-state index in [1.54, 1.807) is 0 Å². The monoisotopic (exact) mass is 260 g/mol. The first kappa shape index (κ1) is 14.1. The van der Waals surface area contributed by atoms with Gasteiger partial charge in [0.15, 0.2) is 0 Å². The molecule has 0 saturated heterocycles. The number of fused-ring (bicyclic) bond motifs is 1. The molecule has 0 aliphatic rings. The minimum absolute atomic E-state index is 0.0184. The molecule has 0 unspecified atom stereocenters. The molecule has 0 aliphatic carbocycles. The van der Waals surface area contributed by atoms with E-state index in [0.29, 0.717) is 0 Å². The van der Waals surface area contributed by atoms with Crippen LogP contribution in [0.25, 0.3) is 11.0 Å². The number of unbranched alkanes of at least 4 members (excludes halogenated alkanes) is 5. The maximum atomic E-state index is 9.41. The van der Waals surface area contributed by atoms with Crippen LogP contribution in [0.15, 0.2) is 24.3 Å². The summed E-state index contributed by atoms with van der Waals surface area (Å²) >= 11 is 0. The fourth-order valence-electron chi connectivity index (χ4n) is 2.55. The predicted octanol–water partition coefficient (Wildman–Crippen LogP) is 3.89. The van der Waals surface area contributed by atoms with Crippen LogP contribution in [0.1, 0.15) is 51.3 Å². The SMILES string of the molecule is CCCCCCCCn1c(CO)nc2ccccc21. The zero-order valence-corrected chi connectivity index (χ0v) is 11.8. The number of imidazole rings is 1. The standard InChI is InChI=1S/C16H24N2O/c1-2-3-4-5-6-9-12-18-15-11-8-7-10-14(15)17-16(18)13-19/h7-8,10-11,19H,2-6,9,12-13H2,1H3. The maximum Gasteiger partial charge on any atom is 0.135 e. The van der Waals surface area contributed by atoms with Gasteiger partial charge in [0.1, 0.15) is 12.4 Å². The van der Waals surface area contributed by atoms with Gasteiger partial charge in [0.25, 0.3) is 0 Å². The van der Waals surface area contributed by atoms with Gasteiger partial charge >= 0.3 is 0 Å². The summed E-state index contributed by atoms with van der Waals surface area (Å²) in [5, 5.41) is 9.41. The first-order chi connectivity index (χ1) is 9.36. The molecule has 0 atom stereocenters. The number of rotatable bonds is 8. The summed E-state index contributed by atoms with van der Waals surface area (Å²) < 4.78 is 2.16. The van der Waals surface area contributed by atoms with Crippen LogP contribution in [0.4, 0.5) is 0 Å². The highest BCUT2D eigenvalue weighted by Gasteiger charge is 2.08. The summed E-state index contributed by atoms with van der Waals surface area (Å²) in [6.45, 7) is 3.22. The molecule has 0 bridgehead atoms. The van der Waals surface area contributed by atoms with Gasteiger partial charge in [-0.1, -0.05) is 51.2 Å². The van der Waals surface area contributed by atoms with Crippen molar-refractivity contribution in [2.24, 2.45) is 0 Å². The van der Waals surface area contributed by atoms with Gasteiger partial charge in [0, 0.05) is 6.54 Å². The number of aliphatic hydroxyl groups excluding tert-OH is 1. The van der Waals surface area contributed by atoms with Crippen molar-refractivity contribution in [2.45, 2.75) is 58.6 Å². The Morgan fingerprint density at radius 2 is 1.79 bits per heavy atom. The molecule has 104 valence electrons. The van der Waals surface area contributed by atoms with E-state index in [2.05, 4.69) is 22.5 Å². The molecule has 0 aliphatic heterocycles. The minimum Gasteiger partial charge on any atom is -0.388 e. The minimum atomic E-state index is 0.0184. The molecular weight excluding hydrogens is 236 g/mol. The molecule has 1 heterocycles. The molecule has 0 fully saturated rings. The summed E-state index contributed by atoms with van der Waals surface area (Å²) in [6.07, 6.45) is 7.72. The van der Waals surface area contributed by atoms with Crippen LogP contribution in [0.5, 0.6) is 0 Å². The summed E-state index contributed by atoms with van der Waals surface area (Å²) in [7, 11) is 0. The van der Waals surface area contributed by atoms with Crippen LogP contribution in [0.2, 0.25) is 0 Å². The van der Waals surface area contributed by atoms with Crippen molar-refractivity contribution in [1.29, 1.82) is 0 Å². The van der Waals surface area contributed by atoms with Crippen LogP contribution >= 0.6 is 0 Å². The third-order valence-corrected chi connectivity index (χ3v) is 3.61. The lowest BCUT2D eigenvalue weighted by Crippen LogP contribution is -2.04. The van der Waals surface area contributed by atoms with E-state index in [9.17, 15) is 5.11 Å². The fourth-order valence-corrected chi connectivity index (χ4v) is 2.55. The molecular formula is C16H24N2O. The highest BCUT2D eigenvalue weighted by Crippen LogP contribution is 2.17. The van der Waals surface area contributed by atoms with Crippen molar-refractivity contribution < 1.29 is 5.11 Å². The molecule has 1 aromatic heterocycles. The fraction of sp³-hybridized carbons (Fsp3) is 0.562. The molecule has 19 heavy (non-hydrogen) atoms. The van der Waals surface area contributed by atoms with Crippen LogP contribution < -0.4 is 0 Å². The van der Waals surface area contributed by atoms with Gasteiger partial charge in [-0.15, -0.1) is 0 Å². The Morgan fingerprint density at radius 1 is 1.05 bits per heavy atom. The van der Waals surface area contributed by atoms with Crippen molar-refractivity contribution in [3.05, 3.63) is 30.1 Å². The van der Waals surface area contributed by atoms with Crippen LogP contribution in [0, 0.1) is 0 Å². The van der Waals surface area contributed by atoms with Crippen LogP contribution in [-0.4, -0.2) is 14.7 Å². The summed E-state index contributed by atoms with van der Waals surface area (Å²) in [6, 6.07) is 8.11. The lowest BCUT2D eigenvalue weighted by Gasteiger charge is -2.07. The molecule has 3 heteroatoms. The lowest BCUT2D eigenvalue weighted by molar-refractivity contribution is 0.265. The molecule has 1 N–H and O–H groups in total. The number of aromatic nitrogens is 2. The average molecular weight is 260 g/mol. The Bertz CT molecular complexity index is 504. The summed E-state index contributed by atoms with van der Waals surface area (Å²) in [5.74, 6) is 0.787. The second-order valence-corrected chi connectivity index (χ2v) is 5.09. The van der Waals surface area contributed by atoms with E-state index >= 15 is 0 Å². The Hall–Kier alpha value is -1.35. The van der Waals surface area contributed by atoms with E-state index in [1.165, 1.54) is 32.1 Å². The number of hydrogen-bond acceptors (Lipinski definition) is 2. The van der Waals surface area contributed by atoms with Crippen molar-refractivity contribution in [1.82, 2.24) is 9.55 Å². The van der Waals surface area contributed by atoms with Gasteiger partial charge < -0.3 is 9.67 Å². The normalized spacial score (nSPS) is 11.3. The number of aliphatic hydroxyl groups is 1. The van der Waals surface area contributed by atoms with Gasteiger partial charge in [-0.25, -0.2) is 4.98 Å². The second-order valence-electron chi connectivity index (χ2n) is 5.09. The first-order valence-corrected chi connectivity index (χ1v) is 7.41. The molecule has 0 saturated carbocycles. The quantitative estimate of drug-likeness (QED) is 0.731. The van der Waals surface area contributed by atoms with Crippen molar-refractivity contribution in [2.75, 3.05) is 0 Å². The Kier molecular flexibility index (Phi) is 5.40. The third kappa shape index (κ3) is 3.57. The maximum absolute atomic E-state index is 9.41. The average Bonchev–Trinajstić information content (AvgIpc) is 2.81. The zero-order valence-electron chi connectivity index (χ0n) is 11.8. The number of nitrogens with zero attached hydrogens (tertiary/aromatic N) is 2. The highest BCUT2D eigenvalue weighted by molar-refractivity contribution is 5.75. The number of para-hydroxylation sites is 2. The van der Waals surface area contributed by atoms with Gasteiger partial charge in [-0.05, 0) is 18.6 Å². The molecule has 1 aromatic carbocycles. The molecule has 2 aromatic rings. The first-order valence-electron chi connectivity index (χ1n) is 7.41. The van der Waals surface area contributed by atoms with E-state index in [1.807, 2.05) is 18.2 Å². The molecule has 0 amide bonds. The van der Waals surface area contributed by atoms with E-state index in [-0.39, 0.29) is 6.61 Å². The largest absolute Gasteiger partial charge is 0.388 e. The number of benzene rings is 1. The Labute approximate surface area is 115 Å². The molecule has 0 radical (unpaired) electrons. The molecule has 0 spiro atoms. The van der Waals surface area contributed by atoms with Crippen molar-refractivity contribution in [3.63, 3.8) is 0 Å². The topological polar surface area (TPSA) is 38.0 Å². The van der Waals surface area contributed by atoms with Gasteiger partial charge in [-0.3, -0.25) is 0 Å². The van der Waals surface area contributed by atoms with Crippen LogP contribution in [0.3, 0.4) is 0 Å². The smallest absolute Gasteiger partial charge is 0.135 e. The Balaban J connectivity index is 1.95. The van der Waals surface area contributed by atoms with Gasteiger partial charge in [-0.2, -0.15) is 0 Å². The highest BCUT2D eigenvalue weighted by atomic mass is 16.3. The van der Waals surface area contributed by atoms with Crippen molar-refractivity contribution >= 4 is 11.0 Å². The van der Waals surface area contributed by atoms with Gasteiger partial charge in [0.05, 0.1) is 11.0 Å². The lowest BCUT2D eigenvalue weighted by atomic mass is 10.1. The predicted molar refractivity (Wildman–Crippen MR) is 79.0 cm³/mol. The molecule has 2 rings (SSSR count). The third-order valence-electron chi connectivity index (χ3n) is 3.61. The zero-order chi connectivity index (χ0) is 13.5. The van der Waals surface area contributed by atoms with Crippen molar-refractivity contribution in [3.8, 4) is 0 Å². The van der Waals surface area contributed by atoms with E-state index < -0.39 is 0 Å². The van der Waals surface area contributed by atoms with Crippen LogP contribution in [-0.2, 0) is 13.2 Å². The number of aryl methyl sites for hydroxylation is 1. The number of hydrogen-bond donors (Lipinski definition) is 1.